The highest BCUT2D eigenvalue weighted by Gasteiger charge is 2.32. The predicted molar refractivity (Wildman–Crippen MR) is 143 cm³/mol. The highest BCUT2D eigenvalue weighted by Crippen LogP contribution is 2.34. The number of halogens is 2. The molecule has 9 nitrogen and oxygen atoms in total. The molecule has 5 rings (SSSR count). The number of ketones is 1. The Morgan fingerprint density at radius 3 is 2.66 bits per heavy atom. The van der Waals surface area contributed by atoms with Crippen molar-refractivity contribution in [2.75, 3.05) is 18.6 Å². The number of hydrogen-bond donors (Lipinski definition) is 1. The largest absolute Gasteiger partial charge is 0.489 e. The van der Waals surface area contributed by atoms with Crippen LogP contribution in [0.2, 0.25) is 10.0 Å². The van der Waals surface area contributed by atoms with Crippen LogP contribution in [0.5, 0.6) is 5.75 Å². The second-order valence-corrected chi connectivity index (χ2v) is 10.5. The lowest BCUT2D eigenvalue weighted by atomic mass is 10.0. The Labute approximate surface area is 230 Å². The van der Waals surface area contributed by atoms with Crippen LogP contribution >= 0.6 is 23.2 Å². The normalized spacial score (nSPS) is 17.0. The van der Waals surface area contributed by atoms with Gasteiger partial charge in [-0.1, -0.05) is 35.3 Å². The monoisotopic (exact) mass is 555 g/mol. The minimum absolute atomic E-state index is 0.0446. The average Bonchev–Trinajstić information content (AvgIpc) is 3.61. The van der Waals surface area contributed by atoms with E-state index in [9.17, 15) is 14.4 Å². The number of amides is 2. The summed E-state index contributed by atoms with van der Waals surface area (Å²) in [4.78, 5) is 43.8. The molecule has 0 saturated heterocycles. The van der Waals surface area contributed by atoms with Crippen molar-refractivity contribution in [2.24, 2.45) is 5.92 Å². The van der Waals surface area contributed by atoms with Gasteiger partial charge in [0.2, 0.25) is 5.82 Å². The molecular weight excluding hydrogens is 529 g/mol. The highest BCUT2D eigenvalue weighted by molar-refractivity contribution is 6.36. The van der Waals surface area contributed by atoms with Gasteiger partial charge in [0.25, 0.3) is 11.8 Å². The Kier molecular flexibility index (Phi) is 7.67. The molecule has 2 amide bonds. The SMILES string of the molecule is CN1C(=O)C(NC(=O)c2ncn(Cc3c(Cl)cccc3Cl)n2)COc2ccc(CCC(=O)CC3CC3)cc21. The van der Waals surface area contributed by atoms with Crippen molar-refractivity contribution in [1.29, 1.82) is 0 Å². The number of aryl methyl sites for hydroxylation is 1. The molecule has 3 aromatic rings. The molecule has 1 unspecified atom stereocenters. The summed E-state index contributed by atoms with van der Waals surface area (Å²) in [6.45, 7) is 0.188. The molecule has 2 aliphatic rings. The first-order valence-corrected chi connectivity index (χ1v) is 13.2. The van der Waals surface area contributed by atoms with Gasteiger partial charge in [0.15, 0.2) is 0 Å². The predicted octanol–water partition coefficient (Wildman–Crippen LogP) is 4.09. The molecule has 1 N–H and O–H groups in total. The lowest BCUT2D eigenvalue weighted by Gasteiger charge is -2.20. The summed E-state index contributed by atoms with van der Waals surface area (Å²) in [5, 5.41) is 7.85. The number of anilines is 1. The lowest BCUT2D eigenvalue weighted by molar-refractivity contribution is -0.120. The minimum atomic E-state index is -0.937. The summed E-state index contributed by atoms with van der Waals surface area (Å²) in [7, 11) is 1.64. The average molecular weight is 556 g/mol. The molecule has 0 spiro atoms. The van der Waals surface area contributed by atoms with E-state index in [2.05, 4.69) is 15.4 Å². The molecule has 0 bridgehead atoms. The van der Waals surface area contributed by atoms with E-state index in [1.807, 2.05) is 12.1 Å². The van der Waals surface area contributed by atoms with E-state index in [1.54, 1.807) is 31.3 Å². The van der Waals surface area contributed by atoms with E-state index in [0.29, 0.717) is 52.2 Å². The maximum Gasteiger partial charge on any atom is 0.291 e. The van der Waals surface area contributed by atoms with Gasteiger partial charge < -0.3 is 15.0 Å². The van der Waals surface area contributed by atoms with Crippen LogP contribution in [0.3, 0.4) is 0 Å². The van der Waals surface area contributed by atoms with Crippen molar-refractivity contribution < 1.29 is 19.1 Å². The number of ether oxygens (including phenoxy) is 1. The Morgan fingerprint density at radius 1 is 1.16 bits per heavy atom. The Balaban J connectivity index is 1.22. The zero-order chi connectivity index (χ0) is 26.8. The molecule has 198 valence electrons. The van der Waals surface area contributed by atoms with Crippen molar-refractivity contribution >= 4 is 46.5 Å². The van der Waals surface area contributed by atoms with Crippen molar-refractivity contribution in [1.82, 2.24) is 20.1 Å². The summed E-state index contributed by atoms with van der Waals surface area (Å²) in [5.74, 6) is 0.348. The van der Waals surface area contributed by atoms with Crippen molar-refractivity contribution in [2.45, 2.75) is 44.7 Å². The van der Waals surface area contributed by atoms with Crippen LogP contribution < -0.4 is 15.0 Å². The number of Topliss-reactive ketones (excluding diaryl/α,β-unsaturated/α-hetero) is 1. The molecule has 1 saturated carbocycles. The van der Waals surface area contributed by atoms with Gasteiger partial charge in [0.05, 0.1) is 12.2 Å². The number of likely N-dealkylation sites (N-methyl/N-ethyl adjacent to an activating group) is 1. The van der Waals surface area contributed by atoms with E-state index >= 15 is 0 Å². The molecule has 2 heterocycles. The summed E-state index contributed by atoms with van der Waals surface area (Å²) in [6.07, 6.45) is 5.46. The smallest absolute Gasteiger partial charge is 0.291 e. The Hall–Kier alpha value is -3.43. The number of carbonyl (C=O) groups is 3. The van der Waals surface area contributed by atoms with Gasteiger partial charge in [-0.25, -0.2) is 9.67 Å². The van der Waals surface area contributed by atoms with Gasteiger partial charge in [0, 0.05) is 35.5 Å². The van der Waals surface area contributed by atoms with E-state index in [1.165, 1.54) is 15.9 Å². The van der Waals surface area contributed by atoms with Crippen LogP contribution in [0.1, 0.15) is 47.4 Å². The van der Waals surface area contributed by atoms with Crippen LogP contribution in [0.25, 0.3) is 0 Å². The van der Waals surface area contributed by atoms with Crippen LogP contribution in [0.15, 0.2) is 42.7 Å². The zero-order valence-electron chi connectivity index (χ0n) is 20.8. The summed E-state index contributed by atoms with van der Waals surface area (Å²) in [6, 6.07) is 9.82. The van der Waals surface area contributed by atoms with Gasteiger partial charge in [-0.05, 0) is 55.0 Å². The third kappa shape index (κ3) is 6.00. The first-order valence-electron chi connectivity index (χ1n) is 12.5. The first kappa shape index (κ1) is 26.2. The number of hydrogen-bond acceptors (Lipinski definition) is 6. The topological polar surface area (TPSA) is 106 Å². The molecule has 1 aromatic heterocycles. The van der Waals surface area contributed by atoms with Gasteiger partial charge in [-0.2, -0.15) is 0 Å². The number of benzene rings is 2. The third-order valence-corrected chi connectivity index (χ3v) is 7.46. The zero-order valence-corrected chi connectivity index (χ0v) is 22.3. The van der Waals surface area contributed by atoms with Crippen LogP contribution in [0.4, 0.5) is 5.69 Å². The maximum absolute atomic E-state index is 13.2. The molecule has 1 atom stereocenters. The van der Waals surface area contributed by atoms with Crippen molar-refractivity contribution in [3.8, 4) is 5.75 Å². The Bertz CT molecular complexity index is 1370. The second-order valence-electron chi connectivity index (χ2n) is 9.69. The molecule has 0 radical (unpaired) electrons. The molecule has 38 heavy (non-hydrogen) atoms. The maximum atomic E-state index is 13.2. The van der Waals surface area contributed by atoms with Gasteiger partial charge >= 0.3 is 0 Å². The van der Waals surface area contributed by atoms with E-state index in [4.69, 9.17) is 27.9 Å². The fraction of sp³-hybridized carbons (Fsp3) is 0.370. The molecule has 2 aromatic carbocycles. The molecule has 1 aliphatic carbocycles. The van der Waals surface area contributed by atoms with Gasteiger partial charge in [-0.3, -0.25) is 14.4 Å². The standard InChI is InChI=1S/C27H27Cl2N5O4/c1-33-23-12-17(7-9-18(35)11-16-5-6-16)8-10-24(23)38-14-22(27(33)37)31-26(36)25-30-15-34(32-25)13-19-20(28)3-2-4-21(19)29/h2-4,8,10,12,15-16,22H,5-7,9,11,13-14H2,1H3,(H,31,36). The number of aromatic nitrogens is 3. The third-order valence-electron chi connectivity index (χ3n) is 6.75. The summed E-state index contributed by atoms with van der Waals surface area (Å²) in [5.41, 5.74) is 2.20. The highest BCUT2D eigenvalue weighted by atomic mass is 35.5. The summed E-state index contributed by atoms with van der Waals surface area (Å²) < 4.78 is 7.32. The van der Waals surface area contributed by atoms with E-state index in [-0.39, 0.29) is 30.7 Å². The fourth-order valence-corrected chi connectivity index (χ4v) is 4.89. The molecule has 11 heteroatoms. The van der Waals surface area contributed by atoms with E-state index in [0.717, 1.165) is 18.4 Å². The number of carbonyl (C=O) groups excluding carboxylic acids is 3. The van der Waals surface area contributed by atoms with Crippen molar-refractivity contribution in [3.63, 3.8) is 0 Å². The fourth-order valence-electron chi connectivity index (χ4n) is 4.38. The number of rotatable bonds is 9. The number of fused-ring (bicyclic) bond motifs is 1. The second kappa shape index (κ2) is 11.1. The quantitative estimate of drug-likeness (QED) is 0.426. The van der Waals surface area contributed by atoms with E-state index < -0.39 is 11.9 Å². The Morgan fingerprint density at radius 2 is 1.92 bits per heavy atom. The van der Waals surface area contributed by atoms with Gasteiger partial charge in [-0.15, -0.1) is 5.10 Å². The molecular formula is C27H27Cl2N5O4. The van der Waals surface area contributed by atoms with Crippen LogP contribution in [-0.4, -0.2) is 52.1 Å². The summed E-state index contributed by atoms with van der Waals surface area (Å²) >= 11 is 12.5. The van der Waals surface area contributed by atoms with Crippen LogP contribution in [-0.2, 0) is 22.6 Å². The van der Waals surface area contributed by atoms with Gasteiger partial charge in [0.1, 0.15) is 30.5 Å². The van der Waals surface area contributed by atoms with Crippen molar-refractivity contribution in [3.05, 3.63) is 69.7 Å². The minimum Gasteiger partial charge on any atom is -0.489 e. The number of nitrogens with zero attached hydrogens (tertiary/aromatic N) is 4. The number of nitrogens with one attached hydrogen (secondary N) is 1. The lowest BCUT2D eigenvalue weighted by Crippen LogP contribution is -2.49. The molecule has 1 fully saturated rings. The first-order chi connectivity index (χ1) is 18.3. The molecule has 1 aliphatic heterocycles. The van der Waals surface area contributed by atoms with Crippen LogP contribution in [0, 0.1) is 5.92 Å².